The maximum Gasteiger partial charge on any atom is 0.417 e. The van der Waals surface area contributed by atoms with E-state index in [0.717, 1.165) is 23.6 Å². The molecule has 188 valence electrons. The normalized spacial score (nSPS) is 11.6. The zero-order valence-electron chi connectivity index (χ0n) is 20.3. The van der Waals surface area contributed by atoms with Crippen LogP contribution in [0.1, 0.15) is 36.2 Å². The first kappa shape index (κ1) is 25.2. The van der Waals surface area contributed by atoms with Crippen LogP contribution in [-0.2, 0) is 23.9 Å². The van der Waals surface area contributed by atoms with Gasteiger partial charge in [0.1, 0.15) is 0 Å². The Kier molecular flexibility index (Phi) is 7.28. The Bertz CT molecular complexity index is 1350. The lowest BCUT2D eigenvalue weighted by Crippen LogP contribution is -2.34. The van der Waals surface area contributed by atoms with Crippen molar-refractivity contribution in [3.63, 3.8) is 0 Å². The van der Waals surface area contributed by atoms with Gasteiger partial charge in [0, 0.05) is 19.2 Å². The minimum absolute atomic E-state index is 0.0191. The molecule has 0 saturated carbocycles. The molecule has 0 radical (unpaired) electrons. The smallest absolute Gasteiger partial charge is 0.417 e. The lowest BCUT2D eigenvalue weighted by Gasteiger charge is -2.21. The van der Waals surface area contributed by atoms with Crippen LogP contribution in [0.4, 0.5) is 13.2 Å². The van der Waals surface area contributed by atoms with Gasteiger partial charge in [0.2, 0.25) is 5.88 Å². The predicted molar refractivity (Wildman–Crippen MR) is 131 cm³/mol. The van der Waals surface area contributed by atoms with E-state index in [0.29, 0.717) is 18.8 Å². The number of aryl methyl sites for hydroxylation is 2. The standard InChI is InChI=1S/C27H27F3N4O2/c1-4-19-11-13-21(14-12-19)34-26-25(18(3)32-34)22(27(28,29)30)15-23(31-26)36-17-24(35)33(5-2)16-20-9-7-6-8-10-20/h6-15H,4-5,16-17H2,1-3H3. The summed E-state index contributed by atoms with van der Waals surface area (Å²) >= 11 is 0. The first-order chi connectivity index (χ1) is 17.2. The van der Waals surface area contributed by atoms with Crippen LogP contribution in [-0.4, -0.2) is 38.7 Å². The molecule has 0 aliphatic rings. The minimum atomic E-state index is -4.66. The van der Waals surface area contributed by atoms with Crippen LogP contribution >= 0.6 is 0 Å². The van der Waals surface area contributed by atoms with Crippen LogP contribution in [0.5, 0.6) is 5.88 Å². The number of aromatic nitrogens is 3. The van der Waals surface area contributed by atoms with E-state index in [1.807, 2.05) is 56.3 Å². The number of rotatable bonds is 8. The van der Waals surface area contributed by atoms with E-state index >= 15 is 0 Å². The Balaban J connectivity index is 1.66. The van der Waals surface area contributed by atoms with Gasteiger partial charge < -0.3 is 9.64 Å². The summed E-state index contributed by atoms with van der Waals surface area (Å²) in [6.07, 6.45) is -3.82. The zero-order chi connectivity index (χ0) is 25.9. The van der Waals surface area contributed by atoms with Gasteiger partial charge in [-0.2, -0.15) is 23.3 Å². The maximum atomic E-state index is 14.0. The molecule has 0 atom stereocenters. The van der Waals surface area contributed by atoms with E-state index in [-0.39, 0.29) is 28.5 Å². The largest absolute Gasteiger partial charge is 0.467 e. The van der Waals surface area contributed by atoms with Crippen LogP contribution in [0.25, 0.3) is 16.7 Å². The van der Waals surface area contributed by atoms with E-state index in [4.69, 9.17) is 4.74 Å². The number of nitrogens with zero attached hydrogens (tertiary/aromatic N) is 4. The summed E-state index contributed by atoms with van der Waals surface area (Å²) in [7, 11) is 0. The number of carbonyl (C=O) groups excluding carboxylic acids is 1. The Morgan fingerprint density at radius 1 is 1.03 bits per heavy atom. The van der Waals surface area contributed by atoms with E-state index in [1.54, 1.807) is 17.0 Å². The number of alkyl halides is 3. The van der Waals surface area contributed by atoms with Gasteiger partial charge in [-0.25, -0.2) is 4.68 Å². The number of likely N-dealkylation sites (N-methyl/N-ethyl adjacent to an activating group) is 1. The molecule has 0 aliphatic carbocycles. The lowest BCUT2D eigenvalue weighted by molar-refractivity contribution is -0.136. The molecule has 4 rings (SSSR count). The van der Waals surface area contributed by atoms with Gasteiger partial charge >= 0.3 is 6.18 Å². The van der Waals surface area contributed by atoms with E-state index in [9.17, 15) is 18.0 Å². The monoisotopic (exact) mass is 496 g/mol. The van der Waals surface area contributed by atoms with Crippen molar-refractivity contribution in [2.45, 2.75) is 39.9 Å². The van der Waals surface area contributed by atoms with Gasteiger partial charge in [-0.15, -0.1) is 0 Å². The molecule has 2 aromatic heterocycles. The second-order valence-electron chi connectivity index (χ2n) is 8.40. The predicted octanol–water partition coefficient (Wildman–Crippen LogP) is 5.74. The van der Waals surface area contributed by atoms with Gasteiger partial charge in [0.05, 0.1) is 22.3 Å². The number of carbonyl (C=O) groups is 1. The fraction of sp³-hybridized carbons (Fsp3) is 0.296. The van der Waals surface area contributed by atoms with Crippen LogP contribution in [0, 0.1) is 6.92 Å². The molecule has 0 N–H and O–H groups in total. The van der Waals surface area contributed by atoms with E-state index < -0.39 is 18.3 Å². The summed E-state index contributed by atoms with van der Waals surface area (Å²) in [5.41, 5.74) is 1.94. The number of hydrogen-bond donors (Lipinski definition) is 0. The number of halogens is 3. The molecule has 0 aliphatic heterocycles. The number of fused-ring (bicyclic) bond motifs is 1. The third-order valence-electron chi connectivity index (χ3n) is 5.98. The number of pyridine rings is 1. The Hall–Kier alpha value is -3.88. The fourth-order valence-electron chi connectivity index (χ4n) is 4.02. The molecular formula is C27H27F3N4O2. The van der Waals surface area contributed by atoms with Crippen molar-refractivity contribution in [2.75, 3.05) is 13.2 Å². The fourth-order valence-corrected chi connectivity index (χ4v) is 4.02. The molecule has 4 aromatic rings. The van der Waals surface area contributed by atoms with Crippen LogP contribution in [0.3, 0.4) is 0 Å². The first-order valence-corrected chi connectivity index (χ1v) is 11.7. The van der Waals surface area contributed by atoms with Crippen LogP contribution < -0.4 is 4.74 Å². The third-order valence-corrected chi connectivity index (χ3v) is 5.98. The number of hydrogen-bond acceptors (Lipinski definition) is 4. The molecule has 2 aromatic carbocycles. The molecule has 6 nitrogen and oxygen atoms in total. The average Bonchev–Trinajstić information content (AvgIpc) is 3.21. The summed E-state index contributed by atoms with van der Waals surface area (Å²) in [4.78, 5) is 18.7. The molecule has 1 amide bonds. The van der Waals surface area contributed by atoms with Crippen molar-refractivity contribution in [2.24, 2.45) is 0 Å². The van der Waals surface area contributed by atoms with Gasteiger partial charge in [0.25, 0.3) is 5.91 Å². The highest BCUT2D eigenvalue weighted by molar-refractivity contribution is 5.85. The molecule has 9 heteroatoms. The van der Waals surface area contributed by atoms with Crippen molar-refractivity contribution >= 4 is 16.9 Å². The van der Waals surface area contributed by atoms with Crippen molar-refractivity contribution < 1.29 is 22.7 Å². The van der Waals surface area contributed by atoms with Gasteiger partial charge in [0.15, 0.2) is 12.3 Å². The van der Waals surface area contributed by atoms with Gasteiger partial charge in [-0.05, 0) is 43.5 Å². The molecule has 0 saturated heterocycles. The molecule has 0 unspecified atom stereocenters. The summed E-state index contributed by atoms with van der Waals surface area (Å²) in [6, 6.07) is 17.7. The summed E-state index contributed by atoms with van der Waals surface area (Å²) in [5, 5.41) is 4.24. The molecule has 0 fully saturated rings. The molecule has 0 spiro atoms. The van der Waals surface area contributed by atoms with Crippen LogP contribution in [0.2, 0.25) is 0 Å². The Labute approximate surface area is 207 Å². The number of ether oxygens (including phenoxy) is 1. The molecule has 0 bridgehead atoms. The van der Waals surface area contributed by atoms with E-state index in [2.05, 4.69) is 10.1 Å². The van der Waals surface area contributed by atoms with Gasteiger partial charge in [-0.3, -0.25) is 4.79 Å². The summed E-state index contributed by atoms with van der Waals surface area (Å²) in [5.74, 6) is -0.637. The average molecular weight is 497 g/mol. The van der Waals surface area contributed by atoms with Crippen molar-refractivity contribution in [3.8, 4) is 11.6 Å². The summed E-state index contributed by atoms with van der Waals surface area (Å²) in [6.45, 7) is 5.73. The summed E-state index contributed by atoms with van der Waals surface area (Å²) < 4.78 is 49.0. The highest BCUT2D eigenvalue weighted by atomic mass is 19.4. The number of benzene rings is 2. The van der Waals surface area contributed by atoms with Crippen molar-refractivity contribution in [1.29, 1.82) is 0 Å². The zero-order valence-corrected chi connectivity index (χ0v) is 20.3. The lowest BCUT2D eigenvalue weighted by atomic mass is 10.1. The first-order valence-electron chi connectivity index (χ1n) is 11.7. The second-order valence-corrected chi connectivity index (χ2v) is 8.40. The van der Waals surface area contributed by atoms with Crippen molar-refractivity contribution in [3.05, 3.63) is 83.0 Å². The van der Waals surface area contributed by atoms with E-state index in [1.165, 1.54) is 11.6 Å². The molecular weight excluding hydrogens is 469 g/mol. The molecule has 36 heavy (non-hydrogen) atoms. The Morgan fingerprint density at radius 2 is 1.72 bits per heavy atom. The minimum Gasteiger partial charge on any atom is -0.467 e. The SMILES string of the molecule is CCc1ccc(-n2nc(C)c3c(C(F)(F)F)cc(OCC(=O)N(CC)Cc4ccccc4)nc32)cc1. The second kappa shape index (κ2) is 10.4. The highest BCUT2D eigenvalue weighted by Gasteiger charge is 2.36. The third kappa shape index (κ3) is 5.35. The van der Waals surface area contributed by atoms with Crippen molar-refractivity contribution in [1.82, 2.24) is 19.7 Å². The topological polar surface area (TPSA) is 60.3 Å². The maximum absolute atomic E-state index is 14.0. The molecule has 2 heterocycles. The Morgan fingerprint density at radius 3 is 2.33 bits per heavy atom. The number of amides is 1. The quantitative estimate of drug-likeness (QED) is 0.312. The van der Waals surface area contributed by atoms with Gasteiger partial charge in [-0.1, -0.05) is 49.4 Å². The van der Waals surface area contributed by atoms with Crippen LogP contribution in [0.15, 0.2) is 60.7 Å². The highest BCUT2D eigenvalue weighted by Crippen LogP contribution is 2.38.